The minimum absolute atomic E-state index is 0.139. The van der Waals surface area contributed by atoms with Crippen LogP contribution in [0.3, 0.4) is 0 Å². The van der Waals surface area contributed by atoms with Gasteiger partial charge in [-0.2, -0.15) is 0 Å². The summed E-state index contributed by atoms with van der Waals surface area (Å²) in [5.41, 5.74) is 2.22. The third kappa shape index (κ3) is 4.90. The number of hydrogen-bond donors (Lipinski definition) is 2. The minimum Gasteiger partial charge on any atom is -0.322 e. The number of amides is 1. The summed E-state index contributed by atoms with van der Waals surface area (Å²) in [5, 5.41) is 2.89. The lowest BCUT2D eigenvalue weighted by atomic mass is 10.0. The summed E-state index contributed by atoms with van der Waals surface area (Å²) in [7, 11) is -3.56. The molecule has 2 N–H and O–H groups in total. The van der Waals surface area contributed by atoms with Crippen molar-refractivity contribution >= 4 is 21.6 Å². The number of carbonyl (C=O) groups is 1. The van der Waals surface area contributed by atoms with Crippen LogP contribution in [0.15, 0.2) is 53.4 Å². The number of rotatable bonds is 6. The number of carbonyl (C=O) groups excluding carboxylic acids is 1. The van der Waals surface area contributed by atoms with E-state index in [2.05, 4.69) is 23.9 Å². The Morgan fingerprint density at radius 2 is 1.52 bits per heavy atom. The van der Waals surface area contributed by atoms with E-state index in [1.54, 1.807) is 13.8 Å². The van der Waals surface area contributed by atoms with Gasteiger partial charge < -0.3 is 5.32 Å². The van der Waals surface area contributed by atoms with Crippen molar-refractivity contribution in [2.45, 2.75) is 44.6 Å². The lowest BCUT2D eigenvalue weighted by Gasteiger charge is -2.14. The summed E-state index contributed by atoms with van der Waals surface area (Å²) in [5.74, 6) is 0.0139. The second kappa shape index (κ2) is 7.80. The molecule has 0 radical (unpaired) electrons. The first-order chi connectivity index (χ1) is 11.7. The van der Waals surface area contributed by atoms with Crippen LogP contribution in [0.1, 0.15) is 49.5 Å². The lowest BCUT2D eigenvalue weighted by Crippen LogP contribution is -2.30. The molecule has 0 aliphatic rings. The van der Waals surface area contributed by atoms with Crippen molar-refractivity contribution in [3.05, 3.63) is 59.7 Å². The third-order valence-electron chi connectivity index (χ3n) is 3.65. The molecule has 134 valence electrons. The first-order valence-electron chi connectivity index (χ1n) is 8.23. The molecule has 0 saturated carbocycles. The molecule has 0 heterocycles. The maximum Gasteiger partial charge on any atom is 0.255 e. The third-order valence-corrected chi connectivity index (χ3v) is 5.32. The van der Waals surface area contributed by atoms with E-state index >= 15 is 0 Å². The van der Waals surface area contributed by atoms with Crippen LogP contribution in [0.25, 0.3) is 0 Å². The van der Waals surface area contributed by atoms with E-state index in [9.17, 15) is 13.2 Å². The predicted octanol–water partition coefficient (Wildman–Crippen LogP) is 3.75. The molecule has 1 amide bonds. The highest BCUT2D eigenvalue weighted by Gasteiger charge is 2.16. The van der Waals surface area contributed by atoms with E-state index < -0.39 is 10.0 Å². The van der Waals surface area contributed by atoms with Crippen molar-refractivity contribution in [1.82, 2.24) is 4.72 Å². The zero-order chi connectivity index (χ0) is 18.6. The van der Waals surface area contributed by atoms with E-state index in [0.717, 1.165) is 11.3 Å². The molecule has 0 atom stereocenters. The molecule has 0 saturated heterocycles. The Bertz CT molecular complexity index is 841. The van der Waals surface area contributed by atoms with Crippen molar-refractivity contribution in [2.24, 2.45) is 0 Å². The summed E-state index contributed by atoms with van der Waals surface area (Å²) in [6.45, 7) is 7.63. The summed E-state index contributed by atoms with van der Waals surface area (Å²) in [6, 6.07) is 13.4. The Morgan fingerprint density at radius 1 is 0.920 bits per heavy atom. The fraction of sp³-hybridized carbons (Fsp3) is 0.316. The second-order valence-electron chi connectivity index (χ2n) is 6.50. The minimum atomic E-state index is -3.56. The van der Waals surface area contributed by atoms with Gasteiger partial charge in [0.1, 0.15) is 0 Å². The molecule has 2 rings (SSSR count). The fourth-order valence-corrected chi connectivity index (χ4v) is 3.72. The highest BCUT2D eigenvalue weighted by atomic mass is 32.2. The monoisotopic (exact) mass is 360 g/mol. The molecule has 25 heavy (non-hydrogen) atoms. The Kier molecular flexibility index (Phi) is 5.98. The molecule has 0 aliphatic heterocycles. The van der Waals surface area contributed by atoms with Crippen molar-refractivity contribution in [2.75, 3.05) is 5.32 Å². The van der Waals surface area contributed by atoms with E-state index in [-0.39, 0.29) is 22.8 Å². The molecule has 2 aromatic rings. The van der Waals surface area contributed by atoms with Gasteiger partial charge in [-0.25, -0.2) is 13.1 Å². The maximum atomic E-state index is 12.5. The van der Waals surface area contributed by atoms with Crippen LogP contribution >= 0.6 is 0 Å². The average Bonchev–Trinajstić information content (AvgIpc) is 2.54. The standard InChI is InChI=1S/C19H24N2O3S/c1-13(2)17-7-5-6-8-18(17)20-19(22)15-9-11-16(12-10-15)25(23,24)21-14(3)4/h5-14,21H,1-4H3,(H,20,22). The van der Waals surface area contributed by atoms with Gasteiger partial charge in [-0.3, -0.25) is 4.79 Å². The van der Waals surface area contributed by atoms with Crippen molar-refractivity contribution < 1.29 is 13.2 Å². The van der Waals surface area contributed by atoms with Gasteiger partial charge in [0.25, 0.3) is 5.91 Å². The topological polar surface area (TPSA) is 75.3 Å². The van der Waals surface area contributed by atoms with Gasteiger partial charge in [0.15, 0.2) is 0 Å². The highest BCUT2D eigenvalue weighted by Crippen LogP contribution is 2.24. The van der Waals surface area contributed by atoms with Crippen LogP contribution in [-0.2, 0) is 10.0 Å². The predicted molar refractivity (Wildman–Crippen MR) is 100 cm³/mol. The quantitative estimate of drug-likeness (QED) is 0.824. The largest absolute Gasteiger partial charge is 0.322 e. The Labute approximate surface area is 149 Å². The summed E-state index contributed by atoms with van der Waals surface area (Å²) in [4.78, 5) is 12.6. The van der Waals surface area contributed by atoms with Gasteiger partial charge in [-0.15, -0.1) is 0 Å². The van der Waals surface area contributed by atoms with E-state index in [1.165, 1.54) is 24.3 Å². The van der Waals surface area contributed by atoms with Crippen molar-refractivity contribution in [3.8, 4) is 0 Å². The van der Waals surface area contributed by atoms with Crippen LogP contribution < -0.4 is 10.0 Å². The molecule has 0 bridgehead atoms. The van der Waals surface area contributed by atoms with Gasteiger partial charge in [0, 0.05) is 17.3 Å². The highest BCUT2D eigenvalue weighted by molar-refractivity contribution is 7.89. The van der Waals surface area contributed by atoms with Crippen LogP contribution in [0, 0.1) is 0 Å². The Balaban J connectivity index is 2.19. The molecule has 0 aliphatic carbocycles. The van der Waals surface area contributed by atoms with Gasteiger partial charge in [0.05, 0.1) is 4.90 Å². The molecule has 0 aromatic heterocycles. The molecule has 5 nitrogen and oxygen atoms in total. The molecule has 0 spiro atoms. The van der Waals surface area contributed by atoms with Crippen LogP contribution in [0.2, 0.25) is 0 Å². The SMILES string of the molecule is CC(C)NS(=O)(=O)c1ccc(C(=O)Nc2ccccc2C(C)C)cc1. The van der Waals surface area contributed by atoms with Crippen molar-refractivity contribution in [1.29, 1.82) is 0 Å². The summed E-state index contributed by atoms with van der Waals surface area (Å²) in [6.07, 6.45) is 0. The molecular weight excluding hydrogens is 336 g/mol. The van der Waals surface area contributed by atoms with Crippen LogP contribution in [0.5, 0.6) is 0 Å². The molecular formula is C19H24N2O3S. The number of benzene rings is 2. The first kappa shape index (κ1) is 19.1. The lowest BCUT2D eigenvalue weighted by molar-refractivity contribution is 0.102. The number of hydrogen-bond acceptors (Lipinski definition) is 3. The Morgan fingerprint density at radius 3 is 2.08 bits per heavy atom. The molecule has 2 aromatic carbocycles. The van der Waals surface area contributed by atoms with Gasteiger partial charge >= 0.3 is 0 Å². The fourth-order valence-electron chi connectivity index (χ4n) is 2.47. The summed E-state index contributed by atoms with van der Waals surface area (Å²) >= 11 is 0. The smallest absolute Gasteiger partial charge is 0.255 e. The second-order valence-corrected chi connectivity index (χ2v) is 8.21. The van der Waals surface area contributed by atoms with E-state index in [4.69, 9.17) is 0 Å². The average molecular weight is 360 g/mol. The number of anilines is 1. The van der Waals surface area contributed by atoms with Gasteiger partial charge in [-0.1, -0.05) is 32.0 Å². The number of sulfonamides is 1. The molecule has 6 heteroatoms. The number of nitrogens with one attached hydrogen (secondary N) is 2. The van der Waals surface area contributed by atoms with Gasteiger partial charge in [0.2, 0.25) is 10.0 Å². The van der Waals surface area contributed by atoms with E-state index in [0.29, 0.717) is 5.56 Å². The van der Waals surface area contributed by atoms with Crippen LogP contribution in [0.4, 0.5) is 5.69 Å². The zero-order valence-electron chi connectivity index (χ0n) is 14.9. The van der Waals surface area contributed by atoms with Gasteiger partial charge in [-0.05, 0) is 55.7 Å². The van der Waals surface area contributed by atoms with Crippen LogP contribution in [-0.4, -0.2) is 20.4 Å². The maximum absolute atomic E-state index is 12.5. The molecule has 0 unspecified atom stereocenters. The van der Waals surface area contributed by atoms with Crippen molar-refractivity contribution in [3.63, 3.8) is 0 Å². The van der Waals surface area contributed by atoms with E-state index in [1.807, 2.05) is 24.3 Å². The normalized spacial score (nSPS) is 11.8. The molecule has 0 fully saturated rings. The number of para-hydroxylation sites is 1. The summed E-state index contributed by atoms with van der Waals surface area (Å²) < 4.78 is 26.8. The Hall–Kier alpha value is -2.18. The zero-order valence-corrected chi connectivity index (χ0v) is 15.7. The first-order valence-corrected chi connectivity index (χ1v) is 9.71.